The molecule has 0 saturated heterocycles. The Bertz CT molecular complexity index is 1310. The van der Waals surface area contributed by atoms with Gasteiger partial charge < -0.3 is 4.42 Å². The minimum atomic E-state index is 0.582. The maximum absolute atomic E-state index is 6.11. The minimum absolute atomic E-state index is 0.582. The van der Waals surface area contributed by atoms with Gasteiger partial charge in [-0.1, -0.05) is 50.2 Å². The zero-order valence-electron chi connectivity index (χ0n) is 17.4. The number of aromatic nitrogens is 1. The molecule has 0 amide bonds. The molecule has 0 bridgehead atoms. The van der Waals surface area contributed by atoms with Crippen LogP contribution in [0.1, 0.15) is 38.2 Å². The highest BCUT2D eigenvalue weighted by atomic mass is 16.3. The SMILES string of the molecule is CCC(CC)c1ccnc(-c2ccc3oc4ccc(-c5ccccc5)cc4c3c2)c1. The molecule has 148 valence electrons. The Morgan fingerprint density at radius 1 is 0.700 bits per heavy atom. The first-order valence-electron chi connectivity index (χ1n) is 10.7. The predicted octanol–water partition coefficient (Wildman–Crippen LogP) is 8.22. The van der Waals surface area contributed by atoms with Crippen LogP contribution in [0.4, 0.5) is 0 Å². The second kappa shape index (κ2) is 7.79. The highest BCUT2D eigenvalue weighted by molar-refractivity contribution is 6.07. The van der Waals surface area contributed by atoms with Gasteiger partial charge in [-0.05, 0) is 77.9 Å². The molecule has 5 rings (SSSR count). The summed E-state index contributed by atoms with van der Waals surface area (Å²) < 4.78 is 6.11. The summed E-state index contributed by atoms with van der Waals surface area (Å²) in [4.78, 5) is 4.67. The highest BCUT2D eigenvalue weighted by Crippen LogP contribution is 2.35. The van der Waals surface area contributed by atoms with Gasteiger partial charge in [0.15, 0.2) is 0 Å². The maximum Gasteiger partial charge on any atom is 0.135 e. The highest BCUT2D eigenvalue weighted by Gasteiger charge is 2.12. The van der Waals surface area contributed by atoms with Gasteiger partial charge in [-0.3, -0.25) is 4.98 Å². The average Bonchev–Trinajstić information content (AvgIpc) is 3.18. The zero-order chi connectivity index (χ0) is 20.5. The average molecular weight is 392 g/mol. The number of hydrogen-bond donors (Lipinski definition) is 0. The topological polar surface area (TPSA) is 26.0 Å². The van der Waals surface area contributed by atoms with Crippen molar-refractivity contribution in [3.05, 3.63) is 90.6 Å². The lowest BCUT2D eigenvalue weighted by atomic mass is 9.93. The first-order valence-corrected chi connectivity index (χ1v) is 10.7. The molecule has 5 aromatic rings. The third-order valence-electron chi connectivity index (χ3n) is 6.11. The van der Waals surface area contributed by atoms with Crippen molar-refractivity contribution in [1.29, 1.82) is 0 Å². The van der Waals surface area contributed by atoms with E-state index in [0.717, 1.165) is 46.0 Å². The molecule has 0 aliphatic carbocycles. The lowest BCUT2D eigenvalue weighted by molar-refractivity contribution is 0.641. The number of hydrogen-bond acceptors (Lipinski definition) is 2. The Morgan fingerprint density at radius 2 is 1.37 bits per heavy atom. The lowest BCUT2D eigenvalue weighted by Gasteiger charge is -2.13. The van der Waals surface area contributed by atoms with E-state index >= 15 is 0 Å². The number of fused-ring (bicyclic) bond motifs is 3. The quantitative estimate of drug-likeness (QED) is 0.302. The molecule has 2 heteroatoms. The molecule has 0 spiro atoms. The second-order valence-electron chi connectivity index (χ2n) is 7.88. The van der Waals surface area contributed by atoms with E-state index in [0.29, 0.717) is 5.92 Å². The van der Waals surface area contributed by atoms with Crippen LogP contribution >= 0.6 is 0 Å². The van der Waals surface area contributed by atoms with Gasteiger partial charge in [-0.25, -0.2) is 0 Å². The summed E-state index contributed by atoms with van der Waals surface area (Å²) in [7, 11) is 0. The molecule has 2 aromatic heterocycles. The first kappa shape index (κ1) is 18.6. The third kappa shape index (κ3) is 3.29. The van der Waals surface area contributed by atoms with Crippen LogP contribution in [0.5, 0.6) is 0 Å². The first-order chi connectivity index (χ1) is 14.8. The van der Waals surface area contributed by atoms with Gasteiger partial charge in [0, 0.05) is 22.5 Å². The van der Waals surface area contributed by atoms with Crippen molar-refractivity contribution < 1.29 is 4.42 Å². The Labute approximate surface area is 177 Å². The summed E-state index contributed by atoms with van der Waals surface area (Å²) in [5, 5.41) is 2.28. The molecular weight excluding hydrogens is 366 g/mol. The van der Waals surface area contributed by atoms with E-state index in [1.807, 2.05) is 12.3 Å². The molecular formula is C28H25NO. The standard InChI is InChI=1S/C28H25NO/c1-3-19(4-2)22-14-15-29-26(18-22)23-11-13-28-25(17-23)24-16-21(10-12-27(24)30-28)20-8-6-5-7-9-20/h5-19H,3-4H2,1-2H3. The number of nitrogens with zero attached hydrogens (tertiary/aromatic N) is 1. The van der Waals surface area contributed by atoms with Crippen molar-refractivity contribution in [2.45, 2.75) is 32.6 Å². The zero-order valence-corrected chi connectivity index (χ0v) is 17.4. The van der Waals surface area contributed by atoms with Crippen molar-refractivity contribution in [3.63, 3.8) is 0 Å². The Kier molecular flexibility index (Phi) is 4.84. The molecule has 0 N–H and O–H groups in total. The summed E-state index contributed by atoms with van der Waals surface area (Å²) >= 11 is 0. The van der Waals surface area contributed by atoms with Gasteiger partial charge >= 0.3 is 0 Å². The molecule has 0 unspecified atom stereocenters. The normalized spacial score (nSPS) is 11.6. The Balaban J connectivity index is 1.63. The van der Waals surface area contributed by atoms with Crippen molar-refractivity contribution in [2.24, 2.45) is 0 Å². The van der Waals surface area contributed by atoms with Crippen LogP contribution < -0.4 is 0 Å². The molecule has 0 saturated carbocycles. The summed E-state index contributed by atoms with van der Waals surface area (Å²) in [5.74, 6) is 0.582. The van der Waals surface area contributed by atoms with Crippen LogP contribution in [0.25, 0.3) is 44.3 Å². The fraction of sp³-hybridized carbons (Fsp3) is 0.179. The van der Waals surface area contributed by atoms with Crippen LogP contribution in [0.15, 0.2) is 89.5 Å². The van der Waals surface area contributed by atoms with E-state index in [1.54, 1.807) is 0 Å². The van der Waals surface area contributed by atoms with Crippen molar-refractivity contribution >= 4 is 21.9 Å². The van der Waals surface area contributed by atoms with Crippen LogP contribution in [0.2, 0.25) is 0 Å². The molecule has 0 atom stereocenters. The second-order valence-corrected chi connectivity index (χ2v) is 7.88. The number of pyridine rings is 1. The summed E-state index contributed by atoms with van der Waals surface area (Å²) in [5.41, 5.74) is 7.76. The van der Waals surface area contributed by atoms with Crippen LogP contribution in [0, 0.1) is 0 Å². The third-order valence-corrected chi connectivity index (χ3v) is 6.11. The van der Waals surface area contributed by atoms with Crippen molar-refractivity contribution in [2.75, 3.05) is 0 Å². The Hall–Kier alpha value is -3.39. The van der Waals surface area contributed by atoms with Crippen molar-refractivity contribution in [3.8, 4) is 22.4 Å². The van der Waals surface area contributed by atoms with Gasteiger partial charge in [-0.2, -0.15) is 0 Å². The molecule has 2 nitrogen and oxygen atoms in total. The molecule has 0 radical (unpaired) electrons. The van der Waals surface area contributed by atoms with Crippen LogP contribution in [-0.2, 0) is 0 Å². The largest absolute Gasteiger partial charge is 0.456 e. The van der Waals surface area contributed by atoms with Gasteiger partial charge in [0.1, 0.15) is 11.2 Å². The van der Waals surface area contributed by atoms with Crippen LogP contribution in [-0.4, -0.2) is 4.98 Å². The molecule has 3 aromatic carbocycles. The number of benzene rings is 3. The van der Waals surface area contributed by atoms with E-state index in [4.69, 9.17) is 4.42 Å². The van der Waals surface area contributed by atoms with Gasteiger partial charge in [0.25, 0.3) is 0 Å². The molecule has 0 aliphatic rings. The van der Waals surface area contributed by atoms with E-state index in [9.17, 15) is 0 Å². The van der Waals surface area contributed by atoms with E-state index in [2.05, 4.69) is 91.6 Å². The molecule has 2 heterocycles. The van der Waals surface area contributed by atoms with E-state index in [1.165, 1.54) is 16.7 Å². The van der Waals surface area contributed by atoms with Gasteiger partial charge in [0.2, 0.25) is 0 Å². The minimum Gasteiger partial charge on any atom is -0.456 e. The van der Waals surface area contributed by atoms with Crippen LogP contribution in [0.3, 0.4) is 0 Å². The number of furan rings is 1. The van der Waals surface area contributed by atoms with Gasteiger partial charge in [0.05, 0.1) is 5.69 Å². The Morgan fingerprint density at radius 3 is 2.07 bits per heavy atom. The summed E-state index contributed by atoms with van der Waals surface area (Å²) in [6.45, 7) is 4.50. The summed E-state index contributed by atoms with van der Waals surface area (Å²) in [6, 6.07) is 27.7. The molecule has 30 heavy (non-hydrogen) atoms. The molecule has 0 fully saturated rings. The predicted molar refractivity (Wildman–Crippen MR) is 126 cm³/mol. The number of rotatable bonds is 5. The molecule has 0 aliphatic heterocycles. The fourth-order valence-corrected chi connectivity index (χ4v) is 4.37. The van der Waals surface area contributed by atoms with E-state index in [-0.39, 0.29) is 0 Å². The summed E-state index contributed by atoms with van der Waals surface area (Å²) in [6.07, 6.45) is 4.23. The smallest absolute Gasteiger partial charge is 0.135 e. The van der Waals surface area contributed by atoms with Gasteiger partial charge in [-0.15, -0.1) is 0 Å². The fourth-order valence-electron chi connectivity index (χ4n) is 4.37. The lowest BCUT2D eigenvalue weighted by Crippen LogP contribution is -1.96. The van der Waals surface area contributed by atoms with E-state index < -0.39 is 0 Å². The van der Waals surface area contributed by atoms with Crippen molar-refractivity contribution in [1.82, 2.24) is 4.98 Å². The monoisotopic (exact) mass is 391 g/mol. The maximum atomic E-state index is 6.11.